The molecule has 4 nitrogen and oxygen atoms in total. The lowest BCUT2D eigenvalue weighted by atomic mass is 10.1. The van der Waals surface area contributed by atoms with Crippen LogP contribution >= 0.6 is 0 Å². The molecule has 1 rings (SSSR count). The van der Waals surface area contributed by atoms with Gasteiger partial charge in [0.15, 0.2) is 6.10 Å². The normalized spacial score (nSPS) is 14.4. The first kappa shape index (κ1) is 15.6. The number of rotatable bonds is 7. The molecule has 0 saturated carbocycles. The van der Waals surface area contributed by atoms with Crippen molar-refractivity contribution in [2.45, 2.75) is 26.0 Å². The quantitative estimate of drug-likeness (QED) is 0.825. The van der Waals surface area contributed by atoms with E-state index >= 15 is 0 Å². The highest BCUT2D eigenvalue weighted by molar-refractivity contribution is 5.72. The maximum Gasteiger partial charge on any atom is 0.334 e. The summed E-state index contributed by atoms with van der Waals surface area (Å²) in [5, 5.41) is 9.03. The fourth-order valence-corrected chi connectivity index (χ4v) is 1.87. The lowest BCUT2D eigenvalue weighted by Crippen LogP contribution is -2.38. The number of carbonyl (C=O) groups is 1. The lowest BCUT2D eigenvalue weighted by molar-refractivity contribution is -0.151. The van der Waals surface area contributed by atoms with Gasteiger partial charge in [-0.3, -0.25) is 4.90 Å². The van der Waals surface area contributed by atoms with E-state index in [0.29, 0.717) is 12.2 Å². The number of aliphatic carboxylic acids is 1. The zero-order chi connectivity index (χ0) is 14.4. The van der Waals surface area contributed by atoms with Gasteiger partial charge in [0.1, 0.15) is 5.82 Å². The van der Waals surface area contributed by atoms with Crippen molar-refractivity contribution in [1.82, 2.24) is 4.90 Å². The van der Waals surface area contributed by atoms with E-state index in [-0.39, 0.29) is 18.4 Å². The maximum atomic E-state index is 13.7. The largest absolute Gasteiger partial charge is 0.479 e. The van der Waals surface area contributed by atoms with Crippen molar-refractivity contribution in [3.8, 4) is 0 Å². The second kappa shape index (κ2) is 7.21. The van der Waals surface area contributed by atoms with Crippen LogP contribution < -0.4 is 0 Å². The van der Waals surface area contributed by atoms with Gasteiger partial charge in [-0.05, 0) is 27.0 Å². The molecule has 0 radical (unpaired) electrons. The van der Waals surface area contributed by atoms with Crippen molar-refractivity contribution in [1.29, 1.82) is 0 Å². The molecular formula is C14H20FNO3. The van der Waals surface area contributed by atoms with Gasteiger partial charge in [-0.2, -0.15) is 0 Å². The maximum absolute atomic E-state index is 13.7. The number of carboxylic acid groups (broad SMARTS) is 1. The van der Waals surface area contributed by atoms with Crippen molar-refractivity contribution < 1.29 is 19.0 Å². The van der Waals surface area contributed by atoms with Crippen LogP contribution in [0.4, 0.5) is 4.39 Å². The van der Waals surface area contributed by atoms with Crippen molar-refractivity contribution in [2.75, 3.05) is 20.2 Å². The Morgan fingerprint density at radius 1 is 1.47 bits per heavy atom. The molecule has 0 heterocycles. The van der Waals surface area contributed by atoms with Gasteiger partial charge in [0.05, 0.1) is 0 Å². The topological polar surface area (TPSA) is 49.8 Å². The van der Waals surface area contributed by atoms with Crippen LogP contribution in [-0.4, -0.2) is 42.3 Å². The first-order valence-corrected chi connectivity index (χ1v) is 6.26. The van der Waals surface area contributed by atoms with E-state index in [1.165, 1.54) is 6.07 Å². The molecule has 0 amide bonds. The van der Waals surface area contributed by atoms with Crippen LogP contribution in [0.15, 0.2) is 24.3 Å². The number of halogens is 1. The predicted molar refractivity (Wildman–Crippen MR) is 70.5 cm³/mol. The van der Waals surface area contributed by atoms with E-state index in [9.17, 15) is 9.18 Å². The summed E-state index contributed by atoms with van der Waals surface area (Å²) in [4.78, 5) is 12.8. The fraction of sp³-hybridized carbons (Fsp3) is 0.500. The number of carboxylic acids is 1. The van der Waals surface area contributed by atoms with Crippen molar-refractivity contribution in [3.05, 3.63) is 35.6 Å². The lowest BCUT2D eigenvalue weighted by Gasteiger charge is -2.27. The van der Waals surface area contributed by atoms with Gasteiger partial charge in [0, 0.05) is 24.8 Å². The first-order chi connectivity index (χ1) is 8.97. The first-order valence-electron chi connectivity index (χ1n) is 6.26. The molecule has 5 heteroatoms. The molecule has 2 atom stereocenters. The van der Waals surface area contributed by atoms with Crippen LogP contribution in [0, 0.1) is 5.82 Å². The van der Waals surface area contributed by atoms with Crippen LogP contribution in [0.3, 0.4) is 0 Å². The highest BCUT2D eigenvalue weighted by atomic mass is 19.1. The summed E-state index contributed by atoms with van der Waals surface area (Å²) in [6.45, 7) is 4.12. The molecule has 0 aliphatic heterocycles. The van der Waals surface area contributed by atoms with Gasteiger partial charge in [0.2, 0.25) is 0 Å². The average molecular weight is 269 g/mol. The standard InChI is InChI=1S/C14H20FNO3/c1-4-19-13(14(17)18)9-16(3)10(2)11-7-5-6-8-12(11)15/h5-8,10,13H,4,9H2,1-3H3,(H,17,18). The Morgan fingerprint density at radius 3 is 2.63 bits per heavy atom. The molecule has 0 aliphatic rings. The van der Waals surface area contributed by atoms with Crippen LogP contribution in [0.1, 0.15) is 25.5 Å². The molecule has 0 spiro atoms. The van der Waals surface area contributed by atoms with Gasteiger partial charge in [-0.1, -0.05) is 18.2 Å². The molecule has 106 valence electrons. The number of hydrogen-bond acceptors (Lipinski definition) is 3. The smallest absolute Gasteiger partial charge is 0.334 e. The zero-order valence-electron chi connectivity index (χ0n) is 11.5. The van der Waals surface area contributed by atoms with Gasteiger partial charge < -0.3 is 9.84 Å². The number of ether oxygens (including phenoxy) is 1. The molecule has 19 heavy (non-hydrogen) atoms. The van der Waals surface area contributed by atoms with Gasteiger partial charge >= 0.3 is 5.97 Å². The van der Waals surface area contributed by atoms with Gasteiger partial charge in [-0.15, -0.1) is 0 Å². The minimum atomic E-state index is -1.01. The highest BCUT2D eigenvalue weighted by Crippen LogP contribution is 2.21. The van der Waals surface area contributed by atoms with E-state index in [1.807, 2.05) is 6.92 Å². The van der Waals surface area contributed by atoms with E-state index < -0.39 is 12.1 Å². The minimum Gasteiger partial charge on any atom is -0.479 e. The second-order valence-electron chi connectivity index (χ2n) is 4.42. The van der Waals surface area contributed by atoms with E-state index in [2.05, 4.69) is 0 Å². The van der Waals surface area contributed by atoms with Crippen LogP contribution in [0.25, 0.3) is 0 Å². The fourth-order valence-electron chi connectivity index (χ4n) is 1.87. The number of nitrogens with zero attached hydrogens (tertiary/aromatic N) is 1. The molecule has 0 saturated heterocycles. The molecular weight excluding hydrogens is 249 g/mol. The molecule has 0 aromatic heterocycles. The number of benzene rings is 1. The second-order valence-corrected chi connectivity index (χ2v) is 4.42. The summed E-state index contributed by atoms with van der Waals surface area (Å²) in [6, 6.07) is 6.28. The highest BCUT2D eigenvalue weighted by Gasteiger charge is 2.23. The Morgan fingerprint density at radius 2 is 2.11 bits per heavy atom. The van der Waals surface area contributed by atoms with E-state index in [0.717, 1.165) is 0 Å². The predicted octanol–water partition coefficient (Wildman–Crippen LogP) is 2.31. The summed E-state index contributed by atoms with van der Waals surface area (Å²) >= 11 is 0. The summed E-state index contributed by atoms with van der Waals surface area (Å²) in [7, 11) is 1.76. The van der Waals surface area contributed by atoms with Crippen LogP contribution in [0.2, 0.25) is 0 Å². The number of likely N-dealkylation sites (N-methyl/N-ethyl adjacent to an activating group) is 1. The Hall–Kier alpha value is -1.46. The molecule has 2 unspecified atom stereocenters. The number of hydrogen-bond donors (Lipinski definition) is 1. The Bertz CT molecular complexity index is 425. The molecule has 1 N–H and O–H groups in total. The SMILES string of the molecule is CCOC(CN(C)C(C)c1ccccc1F)C(=O)O. The van der Waals surface area contributed by atoms with Gasteiger partial charge in [0.25, 0.3) is 0 Å². The monoisotopic (exact) mass is 269 g/mol. The van der Waals surface area contributed by atoms with Crippen LogP contribution in [0.5, 0.6) is 0 Å². The zero-order valence-corrected chi connectivity index (χ0v) is 11.5. The Kier molecular flexibility index (Phi) is 5.92. The molecule has 0 aliphatic carbocycles. The molecule has 0 bridgehead atoms. The molecule has 1 aromatic rings. The minimum absolute atomic E-state index is 0.207. The summed E-state index contributed by atoms with van der Waals surface area (Å²) in [5.41, 5.74) is 0.547. The molecule has 0 fully saturated rings. The van der Waals surface area contributed by atoms with E-state index in [1.54, 1.807) is 37.1 Å². The summed E-state index contributed by atoms with van der Waals surface area (Å²) in [6.07, 6.45) is -0.899. The van der Waals surface area contributed by atoms with Crippen molar-refractivity contribution in [3.63, 3.8) is 0 Å². The van der Waals surface area contributed by atoms with Crippen molar-refractivity contribution >= 4 is 5.97 Å². The molecule has 1 aromatic carbocycles. The third kappa shape index (κ3) is 4.29. The van der Waals surface area contributed by atoms with Gasteiger partial charge in [-0.25, -0.2) is 9.18 Å². The average Bonchev–Trinajstić information content (AvgIpc) is 2.37. The Labute approximate surface area is 112 Å². The Balaban J connectivity index is 2.74. The summed E-state index contributed by atoms with van der Waals surface area (Å²) in [5.74, 6) is -1.29. The van der Waals surface area contributed by atoms with Crippen LogP contribution in [-0.2, 0) is 9.53 Å². The third-order valence-electron chi connectivity index (χ3n) is 3.11. The van der Waals surface area contributed by atoms with Crippen molar-refractivity contribution in [2.24, 2.45) is 0 Å². The van der Waals surface area contributed by atoms with E-state index in [4.69, 9.17) is 9.84 Å². The summed E-state index contributed by atoms with van der Waals surface area (Å²) < 4.78 is 18.8. The third-order valence-corrected chi connectivity index (χ3v) is 3.11.